The highest BCUT2D eigenvalue weighted by Gasteiger charge is 2.51. The number of carbonyl (C=O) groups is 2. The number of amides is 2. The second-order valence-electron chi connectivity index (χ2n) is 7.82. The summed E-state index contributed by atoms with van der Waals surface area (Å²) in [4.78, 5) is 28.4. The smallest absolute Gasteiger partial charge is 0.241 e. The van der Waals surface area contributed by atoms with Crippen molar-refractivity contribution in [1.29, 1.82) is 0 Å². The Bertz CT molecular complexity index is 536. The van der Waals surface area contributed by atoms with Crippen molar-refractivity contribution >= 4 is 11.8 Å². The van der Waals surface area contributed by atoms with E-state index in [0.29, 0.717) is 32.5 Å². The maximum absolute atomic E-state index is 12.5. The fraction of sp³-hybridized carbons (Fsp3) is 0.882. The van der Waals surface area contributed by atoms with Gasteiger partial charge in [0.25, 0.3) is 0 Å². The Balaban J connectivity index is 1.30. The molecule has 3 heterocycles. The van der Waals surface area contributed by atoms with E-state index in [1.54, 1.807) is 4.90 Å². The number of likely N-dealkylation sites (tertiary alicyclic amines) is 1. The van der Waals surface area contributed by atoms with Crippen LogP contribution in [0.5, 0.6) is 0 Å². The van der Waals surface area contributed by atoms with Gasteiger partial charge < -0.3 is 25.0 Å². The predicted octanol–water partition coefficient (Wildman–Crippen LogP) is -0.315. The Morgan fingerprint density at radius 3 is 2.92 bits per heavy atom. The molecule has 134 valence electrons. The van der Waals surface area contributed by atoms with Crippen LogP contribution in [0.3, 0.4) is 0 Å². The molecule has 4 atom stereocenters. The van der Waals surface area contributed by atoms with Crippen molar-refractivity contribution in [2.24, 2.45) is 5.41 Å². The Morgan fingerprint density at radius 1 is 1.42 bits per heavy atom. The van der Waals surface area contributed by atoms with E-state index in [2.05, 4.69) is 5.32 Å². The summed E-state index contributed by atoms with van der Waals surface area (Å²) >= 11 is 0. The Morgan fingerprint density at radius 2 is 2.21 bits per heavy atom. The van der Waals surface area contributed by atoms with Crippen molar-refractivity contribution in [3.05, 3.63) is 0 Å². The van der Waals surface area contributed by atoms with Crippen LogP contribution in [0.4, 0.5) is 0 Å². The lowest BCUT2D eigenvalue weighted by Gasteiger charge is -2.37. The monoisotopic (exact) mass is 337 g/mol. The second kappa shape index (κ2) is 5.97. The number of aliphatic hydroxyl groups is 1. The molecule has 4 aliphatic rings. The molecule has 7 heteroatoms. The van der Waals surface area contributed by atoms with E-state index in [-0.39, 0.29) is 41.6 Å². The van der Waals surface area contributed by atoms with E-state index in [9.17, 15) is 14.7 Å². The molecule has 2 N–H and O–H groups in total. The van der Waals surface area contributed by atoms with Crippen LogP contribution < -0.4 is 5.32 Å². The summed E-state index contributed by atoms with van der Waals surface area (Å²) in [5.74, 6) is 0.147. The molecule has 0 aromatic carbocycles. The Kier molecular flexibility index (Phi) is 4.05. The topological polar surface area (TPSA) is 82.1 Å². The van der Waals surface area contributed by atoms with Gasteiger partial charge in [-0.1, -0.05) is 0 Å². The summed E-state index contributed by atoms with van der Waals surface area (Å²) in [7, 11) is 0. The third-order valence-electron chi connectivity index (χ3n) is 6.32. The molecule has 3 aliphatic heterocycles. The molecular formula is C17H27N3O4. The lowest BCUT2D eigenvalue weighted by Crippen LogP contribution is -2.59. The molecule has 0 aromatic rings. The van der Waals surface area contributed by atoms with E-state index in [0.717, 1.165) is 25.8 Å². The fourth-order valence-electron chi connectivity index (χ4n) is 4.34. The number of piperidine rings is 1. The number of hydrogen-bond donors (Lipinski definition) is 2. The van der Waals surface area contributed by atoms with Gasteiger partial charge in [-0.15, -0.1) is 0 Å². The van der Waals surface area contributed by atoms with E-state index in [1.807, 2.05) is 11.8 Å². The van der Waals surface area contributed by atoms with Crippen molar-refractivity contribution in [2.45, 2.75) is 63.4 Å². The maximum atomic E-state index is 12.5. The van der Waals surface area contributed by atoms with Crippen molar-refractivity contribution in [1.82, 2.24) is 15.1 Å². The first-order valence-electron chi connectivity index (χ1n) is 9.13. The van der Waals surface area contributed by atoms with Gasteiger partial charge in [0.1, 0.15) is 6.23 Å². The molecule has 1 unspecified atom stereocenters. The quantitative estimate of drug-likeness (QED) is 0.738. The minimum atomic E-state index is -0.370. The van der Waals surface area contributed by atoms with Crippen molar-refractivity contribution in [3.8, 4) is 0 Å². The summed E-state index contributed by atoms with van der Waals surface area (Å²) in [5, 5.41) is 13.4. The predicted molar refractivity (Wildman–Crippen MR) is 85.9 cm³/mol. The van der Waals surface area contributed by atoms with Crippen LogP contribution in [-0.2, 0) is 14.3 Å². The normalized spacial score (nSPS) is 37.7. The zero-order valence-corrected chi connectivity index (χ0v) is 14.2. The summed E-state index contributed by atoms with van der Waals surface area (Å²) in [6, 6.07) is -0.200. The minimum absolute atomic E-state index is 0.0134. The van der Waals surface area contributed by atoms with Gasteiger partial charge in [-0.3, -0.25) is 9.59 Å². The highest BCUT2D eigenvalue weighted by molar-refractivity contribution is 5.83. The molecule has 2 amide bonds. The lowest BCUT2D eigenvalue weighted by atomic mass is 9.90. The molecule has 3 saturated heterocycles. The molecule has 4 rings (SSSR count). The number of carbonyl (C=O) groups excluding carboxylic acids is 2. The standard InChI is InChI=1S/C17H27N3O4/c1-11-16(23)20-12(10-24-15(20)8-18-11)2-3-14(22)19-7-6-17(4-5-17)13(21)9-19/h11-13,15,18,21H,2-10H2,1H3/t11-,12-,13?,15-/m0/s1. The molecule has 1 saturated carbocycles. The first-order valence-corrected chi connectivity index (χ1v) is 9.13. The van der Waals surface area contributed by atoms with Gasteiger partial charge in [0, 0.05) is 26.1 Å². The number of β-amino-alcohol motifs (C(OH)–C–C–N with tert-alkyl or cyclic N) is 1. The molecular weight excluding hydrogens is 310 g/mol. The molecule has 1 aliphatic carbocycles. The van der Waals surface area contributed by atoms with Gasteiger partial charge in [0.15, 0.2) is 0 Å². The minimum Gasteiger partial charge on any atom is -0.391 e. The number of fused-ring (bicyclic) bond motifs is 1. The number of hydrogen-bond acceptors (Lipinski definition) is 5. The van der Waals surface area contributed by atoms with Crippen LogP contribution in [0.2, 0.25) is 0 Å². The van der Waals surface area contributed by atoms with Crippen LogP contribution in [0.1, 0.15) is 39.0 Å². The maximum Gasteiger partial charge on any atom is 0.241 e. The molecule has 0 aromatic heterocycles. The van der Waals surface area contributed by atoms with Crippen molar-refractivity contribution in [3.63, 3.8) is 0 Å². The average Bonchev–Trinajstić information content (AvgIpc) is 3.23. The summed E-state index contributed by atoms with van der Waals surface area (Å²) in [5.41, 5.74) is 0.118. The van der Waals surface area contributed by atoms with E-state index in [4.69, 9.17) is 4.74 Å². The fourth-order valence-corrected chi connectivity index (χ4v) is 4.34. The number of nitrogens with one attached hydrogen (secondary N) is 1. The Labute approximate surface area is 142 Å². The van der Waals surface area contributed by atoms with Crippen LogP contribution in [0, 0.1) is 5.41 Å². The molecule has 7 nitrogen and oxygen atoms in total. The third-order valence-corrected chi connectivity index (χ3v) is 6.32. The van der Waals surface area contributed by atoms with Crippen molar-refractivity contribution < 1.29 is 19.4 Å². The molecule has 0 radical (unpaired) electrons. The second-order valence-corrected chi connectivity index (χ2v) is 7.82. The summed E-state index contributed by atoms with van der Waals surface area (Å²) in [6.45, 7) is 4.24. The van der Waals surface area contributed by atoms with Gasteiger partial charge in [-0.2, -0.15) is 0 Å². The molecule has 4 fully saturated rings. The molecule has 24 heavy (non-hydrogen) atoms. The van der Waals surface area contributed by atoms with Crippen LogP contribution in [-0.4, -0.2) is 77.4 Å². The Hall–Kier alpha value is -1.18. The SMILES string of the molecule is C[C@@H]1NC[C@@H]2OC[C@H](CCC(=O)N3CCC4(CC4)C(O)C3)N2C1=O. The highest BCUT2D eigenvalue weighted by atomic mass is 16.5. The number of rotatable bonds is 3. The van der Waals surface area contributed by atoms with Crippen LogP contribution in [0.25, 0.3) is 0 Å². The van der Waals surface area contributed by atoms with Crippen LogP contribution in [0.15, 0.2) is 0 Å². The van der Waals surface area contributed by atoms with E-state index in [1.165, 1.54) is 0 Å². The zero-order valence-electron chi connectivity index (χ0n) is 14.2. The van der Waals surface area contributed by atoms with Gasteiger partial charge >= 0.3 is 0 Å². The van der Waals surface area contributed by atoms with E-state index < -0.39 is 0 Å². The molecule has 1 spiro atoms. The van der Waals surface area contributed by atoms with Gasteiger partial charge in [0.05, 0.1) is 24.8 Å². The average molecular weight is 337 g/mol. The zero-order chi connectivity index (χ0) is 16.9. The van der Waals surface area contributed by atoms with Gasteiger partial charge in [-0.05, 0) is 38.0 Å². The largest absolute Gasteiger partial charge is 0.391 e. The van der Waals surface area contributed by atoms with Gasteiger partial charge in [-0.25, -0.2) is 0 Å². The van der Waals surface area contributed by atoms with E-state index >= 15 is 0 Å². The molecule has 0 bridgehead atoms. The first-order chi connectivity index (χ1) is 11.5. The number of aliphatic hydroxyl groups excluding tert-OH is 1. The number of nitrogens with zero attached hydrogens (tertiary/aromatic N) is 2. The highest BCUT2D eigenvalue weighted by Crippen LogP contribution is 2.53. The number of ether oxygens (including phenoxy) is 1. The van der Waals surface area contributed by atoms with Crippen LogP contribution >= 0.6 is 0 Å². The lowest BCUT2D eigenvalue weighted by molar-refractivity contribution is -0.145. The first kappa shape index (κ1) is 16.3. The van der Waals surface area contributed by atoms with Crippen molar-refractivity contribution in [2.75, 3.05) is 26.2 Å². The summed E-state index contributed by atoms with van der Waals surface area (Å²) < 4.78 is 5.70. The summed E-state index contributed by atoms with van der Waals surface area (Å²) in [6.07, 6.45) is 3.59. The third kappa shape index (κ3) is 2.72. The number of piperazine rings is 1. The van der Waals surface area contributed by atoms with Gasteiger partial charge in [0.2, 0.25) is 11.8 Å².